The normalized spacial score (nSPS) is 10.9. The molecule has 6 heteroatoms. The number of nitrogens with zero attached hydrogens (tertiary/aromatic N) is 1. The molecule has 0 aliphatic rings. The van der Waals surface area contributed by atoms with Crippen molar-refractivity contribution in [3.05, 3.63) is 108 Å². The zero-order chi connectivity index (χ0) is 23.8. The number of amides is 1. The van der Waals surface area contributed by atoms with Crippen LogP contribution in [0.3, 0.4) is 0 Å². The first-order valence-electron chi connectivity index (χ1n) is 11.0. The summed E-state index contributed by atoms with van der Waals surface area (Å²) in [5.74, 6) is 0.0420. The maximum Gasteiger partial charge on any atom is 0.343 e. The molecule has 1 amide bonds. The molecule has 0 heterocycles. The van der Waals surface area contributed by atoms with Crippen molar-refractivity contribution in [3.63, 3.8) is 0 Å². The van der Waals surface area contributed by atoms with E-state index in [4.69, 9.17) is 9.47 Å². The molecule has 1 N–H and O–H groups in total. The summed E-state index contributed by atoms with van der Waals surface area (Å²) >= 11 is 0. The van der Waals surface area contributed by atoms with Crippen molar-refractivity contribution in [2.45, 2.75) is 13.3 Å². The van der Waals surface area contributed by atoms with E-state index in [0.29, 0.717) is 29.2 Å². The van der Waals surface area contributed by atoms with Gasteiger partial charge in [0.05, 0.1) is 24.8 Å². The van der Waals surface area contributed by atoms with E-state index >= 15 is 0 Å². The Bertz CT molecular complexity index is 1330. The highest BCUT2D eigenvalue weighted by Gasteiger charge is 2.13. The monoisotopic (exact) mass is 452 g/mol. The van der Waals surface area contributed by atoms with Crippen LogP contribution in [0.4, 0.5) is 0 Å². The molecule has 0 aromatic heterocycles. The van der Waals surface area contributed by atoms with Gasteiger partial charge in [-0.05, 0) is 59.2 Å². The molecule has 6 nitrogen and oxygen atoms in total. The summed E-state index contributed by atoms with van der Waals surface area (Å²) in [4.78, 5) is 24.8. The van der Waals surface area contributed by atoms with Crippen molar-refractivity contribution >= 4 is 28.9 Å². The highest BCUT2D eigenvalue weighted by Crippen LogP contribution is 2.29. The summed E-state index contributed by atoms with van der Waals surface area (Å²) in [6.45, 7) is 2.25. The van der Waals surface area contributed by atoms with Crippen molar-refractivity contribution in [3.8, 4) is 11.5 Å². The minimum Gasteiger partial charge on any atom is -0.490 e. The summed E-state index contributed by atoms with van der Waals surface area (Å²) in [7, 11) is 0. The molecule has 0 aliphatic carbocycles. The topological polar surface area (TPSA) is 77.0 Å². The Kier molecular flexibility index (Phi) is 7.30. The summed E-state index contributed by atoms with van der Waals surface area (Å²) in [5.41, 5.74) is 4.64. The highest BCUT2D eigenvalue weighted by atomic mass is 16.6. The SMILES string of the molecule is CCOc1cc(/C=N\NC(=O)Cc2cccc3ccccc23)ccc1OC(=O)c1ccccc1. The Labute approximate surface area is 197 Å². The van der Waals surface area contributed by atoms with Gasteiger partial charge >= 0.3 is 5.97 Å². The van der Waals surface area contributed by atoms with Crippen LogP contribution < -0.4 is 14.9 Å². The molecule has 0 radical (unpaired) electrons. The molecule has 0 fully saturated rings. The smallest absolute Gasteiger partial charge is 0.343 e. The first-order valence-corrected chi connectivity index (χ1v) is 11.0. The maximum atomic E-state index is 12.4. The van der Waals surface area contributed by atoms with E-state index in [9.17, 15) is 9.59 Å². The fourth-order valence-electron chi connectivity index (χ4n) is 3.53. The molecule has 0 saturated heterocycles. The molecule has 0 aliphatic heterocycles. The second-order valence-corrected chi connectivity index (χ2v) is 7.50. The first kappa shape index (κ1) is 22.7. The first-order chi connectivity index (χ1) is 16.6. The van der Waals surface area contributed by atoms with Gasteiger partial charge in [-0.1, -0.05) is 60.7 Å². The molecule has 0 atom stereocenters. The van der Waals surface area contributed by atoms with Crippen LogP contribution in [0.2, 0.25) is 0 Å². The molecular weight excluding hydrogens is 428 g/mol. The van der Waals surface area contributed by atoms with E-state index in [2.05, 4.69) is 10.5 Å². The van der Waals surface area contributed by atoms with Crippen LogP contribution in [0.25, 0.3) is 10.8 Å². The molecule has 0 spiro atoms. The predicted molar refractivity (Wildman–Crippen MR) is 132 cm³/mol. The summed E-state index contributed by atoms with van der Waals surface area (Å²) in [5, 5.41) is 6.21. The lowest BCUT2D eigenvalue weighted by atomic mass is 10.0. The maximum absolute atomic E-state index is 12.4. The van der Waals surface area contributed by atoms with Crippen LogP contribution in [-0.2, 0) is 11.2 Å². The molecule has 4 aromatic carbocycles. The van der Waals surface area contributed by atoms with Gasteiger partial charge in [-0.2, -0.15) is 5.10 Å². The molecular formula is C28H24N2O4. The third kappa shape index (κ3) is 5.66. The number of rotatable bonds is 8. The van der Waals surface area contributed by atoms with Gasteiger partial charge in [0.15, 0.2) is 11.5 Å². The highest BCUT2D eigenvalue weighted by molar-refractivity contribution is 5.92. The Morgan fingerprint density at radius 2 is 1.65 bits per heavy atom. The number of carbonyl (C=O) groups is 2. The third-order valence-electron chi connectivity index (χ3n) is 5.11. The van der Waals surface area contributed by atoms with Gasteiger partial charge < -0.3 is 9.47 Å². The number of nitrogens with one attached hydrogen (secondary N) is 1. The average molecular weight is 453 g/mol. The largest absolute Gasteiger partial charge is 0.490 e. The molecule has 0 saturated carbocycles. The molecule has 34 heavy (non-hydrogen) atoms. The van der Waals surface area contributed by atoms with E-state index < -0.39 is 5.97 Å². The number of ether oxygens (including phenoxy) is 2. The molecule has 4 rings (SSSR count). The number of carbonyl (C=O) groups excluding carboxylic acids is 2. The van der Waals surface area contributed by atoms with E-state index in [1.165, 1.54) is 6.21 Å². The van der Waals surface area contributed by atoms with Gasteiger partial charge in [0.25, 0.3) is 0 Å². The van der Waals surface area contributed by atoms with Gasteiger partial charge in [0.1, 0.15) is 0 Å². The Balaban J connectivity index is 1.41. The molecule has 0 unspecified atom stereocenters. The number of benzene rings is 4. The average Bonchev–Trinajstić information content (AvgIpc) is 2.86. The van der Waals surface area contributed by atoms with Gasteiger partial charge in [0.2, 0.25) is 5.91 Å². The van der Waals surface area contributed by atoms with E-state index in [0.717, 1.165) is 16.3 Å². The van der Waals surface area contributed by atoms with Crippen molar-refractivity contribution in [1.29, 1.82) is 0 Å². The number of hydrazone groups is 1. The second-order valence-electron chi connectivity index (χ2n) is 7.50. The van der Waals surface area contributed by atoms with Crippen molar-refractivity contribution in [1.82, 2.24) is 5.43 Å². The van der Waals surface area contributed by atoms with Crippen LogP contribution in [-0.4, -0.2) is 24.7 Å². The van der Waals surface area contributed by atoms with Crippen LogP contribution >= 0.6 is 0 Å². The third-order valence-corrected chi connectivity index (χ3v) is 5.11. The standard InChI is InChI=1S/C28H24N2O4/c1-2-33-26-17-20(15-16-25(26)34-28(32)22-10-4-3-5-11-22)19-29-30-27(31)18-23-13-8-12-21-9-6-7-14-24(21)23/h3-17,19H,2,18H2,1H3,(H,30,31)/b29-19-. The lowest BCUT2D eigenvalue weighted by molar-refractivity contribution is -0.120. The molecule has 0 bridgehead atoms. The zero-order valence-corrected chi connectivity index (χ0v) is 18.7. The quantitative estimate of drug-likeness (QED) is 0.174. The fourth-order valence-corrected chi connectivity index (χ4v) is 3.53. The number of hydrogen-bond donors (Lipinski definition) is 1. The lowest BCUT2D eigenvalue weighted by Crippen LogP contribution is -2.19. The summed E-state index contributed by atoms with van der Waals surface area (Å²) in [6, 6.07) is 27.7. The summed E-state index contributed by atoms with van der Waals surface area (Å²) < 4.78 is 11.1. The minimum absolute atomic E-state index is 0.217. The van der Waals surface area contributed by atoms with Crippen LogP contribution in [0.1, 0.15) is 28.4 Å². The van der Waals surface area contributed by atoms with E-state index in [-0.39, 0.29) is 12.3 Å². The van der Waals surface area contributed by atoms with Gasteiger partial charge in [-0.3, -0.25) is 4.79 Å². The second kappa shape index (κ2) is 10.9. The number of hydrogen-bond acceptors (Lipinski definition) is 5. The van der Waals surface area contributed by atoms with Crippen LogP contribution in [0, 0.1) is 0 Å². The lowest BCUT2D eigenvalue weighted by Gasteiger charge is -2.11. The van der Waals surface area contributed by atoms with Gasteiger partial charge in [-0.25, -0.2) is 10.2 Å². The van der Waals surface area contributed by atoms with Crippen molar-refractivity contribution < 1.29 is 19.1 Å². The Morgan fingerprint density at radius 3 is 2.47 bits per heavy atom. The Hall–Kier alpha value is -4.45. The van der Waals surface area contributed by atoms with Gasteiger partial charge in [0, 0.05) is 0 Å². The number of esters is 1. The molecule has 170 valence electrons. The minimum atomic E-state index is -0.469. The van der Waals surface area contributed by atoms with E-state index in [1.807, 2.05) is 55.5 Å². The van der Waals surface area contributed by atoms with E-state index in [1.54, 1.807) is 42.5 Å². The van der Waals surface area contributed by atoms with Crippen molar-refractivity contribution in [2.24, 2.45) is 5.10 Å². The van der Waals surface area contributed by atoms with Crippen molar-refractivity contribution in [2.75, 3.05) is 6.61 Å². The van der Waals surface area contributed by atoms with Gasteiger partial charge in [-0.15, -0.1) is 0 Å². The Morgan fingerprint density at radius 1 is 0.882 bits per heavy atom. The van der Waals surface area contributed by atoms with Crippen LogP contribution in [0.15, 0.2) is 96.1 Å². The predicted octanol–water partition coefficient (Wildman–Crippen LogP) is 5.15. The van der Waals surface area contributed by atoms with Crippen LogP contribution in [0.5, 0.6) is 11.5 Å². The zero-order valence-electron chi connectivity index (χ0n) is 18.7. The fraction of sp³-hybridized carbons (Fsp3) is 0.107. The molecule has 4 aromatic rings. The summed E-state index contributed by atoms with van der Waals surface area (Å²) in [6.07, 6.45) is 1.74. The number of fused-ring (bicyclic) bond motifs is 1.